The van der Waals surface area contributed by atoms with Crippen LogP contribution in [0.25, 0.3) is 0 Å². The Kier molecular flexibility index (Phi) is 1.93. The number of rotatable bonds is 1. The van der Waals surface area contributed by atoms with Gasteiger partial charge in [0.05, 0.1) is 0 Å². The molecule has 0 N–H and O–H groups in total. The second-order valence-electron chi connectivity index (χ2n) is 1.64. The predicted molar refractivity (Wildman–Crippen MR) is 39.0 cm³/mol. The molecule has 0 atom stereocenters. The van der Waals surface area contributed by atoms with E-state index in [1.807, 2.05) is 0 Å². The summed E-state index contributed by atoms with van der Waals surface area (Å²) in [4.78, 5) is 0. The van der Waals surface area contributed by atoms with Gasteiger partial charge in [0, 0.05) is 9.81 Å². The zero-order chi connectivity index (χ0) is 5.28. The third kappa shape index (κ3) is 1.57. The van der Waals surface area contributed by atoms with E-state index in [0.29, 0.717) is 0 Å². The highest BCUT2D eigenvalue weighted by molar-refractivity contribution is 9.13. The fourth-order valence-electron chi connectivity index (χ4n) is 0.428. The standard InChI is InChI=1S/C5H6Br2/c6-3-5(7)4-1-2-4/h1-3H2. The Morgan fingerprint density at radius 2 is 2.14 bits per heavy atom. The van der Waals surface area contributed by atoms with Gasteiger partial charge < -0.3 is 0 Å². The fraction of sp³-hybridized carbons (Fsp3) is 0.600. The maximum atomic E-state index is 3.44. The molecule has 1 aliphatic rings. The highest BCUT2D eigenvalue weighted by Gasteiger charge is 2.14. The van der Waals surface area contributed by atoms with Gasteiger partial charge in [-0.05, 0) is 12.8 Å². The summed E-state index contributed by atoms with van der Waals surface area (Å²) in [6, 6.07) is 0. The third-order valence-corrected chi connectivity index (χ3v) is 3.16. The lowest BCUT2D eigenvalue weighted by molar-refractivity contribution is 1.50. The van der Waals surface area contributed by atoms with Crippen molar-refractivity contribution in [3.05, 3.63) is 10.1 Å². The van der Waals surface area contributed by atoms with Crippen LogP contribution in [0, 0.1) is 0 Å². The van der Waals surface area contributed by atoms with Gasteiger partial charge in [0.1, 0.15) is 0 Å². The quantitative estimate of drug-likeness (QED) is 0.603. The minimum atomic E-state index is 0.988. The van der Waals surface area contributed by atoms with Crippen LogP contribution in [-0.2, 0) is 0 Å². The average molecular weight is 226 g/mol. The Labute approximate surface area is 60.2 Å². The average Bonchev–Trinajstić information content (AvgIpc) is 2.44. The van der Waals surface area contributed by atoms with Crippen molar-refractivity contribution in [2.24, 2.45) is 0 Å². The van der Waals surface area contributed by atoms with Crippen molar-refractivity contribution in [3.8, 4) is 0 Å². The van der Waals surface area contributed by atoms with E-state index in [1.54, 1.807) is 5.57 Å². The molecule has 0 saturated heterocycles. The smallest absolute Gasteiger partial charge is 0.0348 e. The summed E-state index contributed by atoms with van der Waals surface area (Å²) in [5.74, 6) is 0. The molecule has 0 radical (unpaired) electrons. The summed E-state index contributed by atoms with van der Waals surface area (Å²) in [6.07, 6.45) is 2.62. The van der Waals surface area contributed by atoms with Crippen molar-refractivity contribution in [1.29, 1.82) is 0 Å². The zero-order valence-corrected chi connectivity index (χ0v) is 7.05. The molecule has 0 amide bonds. The highest BCUT2D eigenvalue weighted by Crippen LogP contribution is 2.34. The summed E-state index contributed by atoms with van der Waals surface area (Å²) in [7, 11) is 0. The number of hydrogen-bond donors (Lipinski definition) is 0. The molecule has 0 aromatic rings. The topological polar surface area (TPSA) is 0 Å². The molecule has 1 rings (SSSR count). The molecule has 0 aromatic heterocycles. The van der Waals surface area contributed by atoms with Crippen LogP contribution in [0.5, 0.6) is 0 Å². The van der Waals surface area contributed by atoms with Crippen molar-refractivity contribution in [2.75, 3.05) is 5.33 Å². The maximum Gasteiger partial charge on any atom is 0.0348 e. The van der Waals surface area contributed by atoms with E-state index in [4.69, 9.17) is 0 Å². The van der Waals surface area contributed by atoms with Crippen LogP contribution < -0.4 is 0 Å². The highest BCUT2D eigenvalue weighted by atomic mass is 79.9. The Morgan fingerprint density at radius 1 is 1.57 bits per heavy atom. The van der Waals surface area contributed by atoms with Gasteiger partial charge in [-0.15, -0.1) is 0 Å². The Bertz CT molecular complexity index is 98.6. The van der Waals surface area contributed by atoms with Crippen molar-refractivity contribution >= 4 is 31.9 Å². The van der Waals surface area contributed by atoms with E-state index < -0.39 is 0 Å². The van der Waals surface area contributed by atoms with Crippen LogP contribution >= 0.6 is 31.9 Å². The molecule has 0 aromatic carbocycles. The third-order valence-electron chi connectivity index (χ3n) is 1.00. The van der Waals surface area contributed by atoms with Gasteiger partial charge in [0.15, 0.2) is 0 Å². The van der Waals surface area contributed by atoms with Crippen LogP contribution in [0.2, 0.25) is 0 Å². The van der Waals surface area contributed by atoms with E-state index in [-0.39, 0.29) is 0 Å². The number of allylic oxidation sites excluding steroid dienone is 2. The second-order valence-corrected chi connectivity index (χ2v) is 3.16. The molecule has 0 heterocycles. The van der Waals surface area contributed by atoms with Crippen LogP contribution in [0.3, 0.4) is 0 Å². The molecular formula is C5H6Br2. The van der Waals surface area contributed by atoms with Crippen LogP contribution in [-0.4, -0.2) is 5.33 Å². The van der Waals surface area contributed by atoms with Crippen molar-refractivity contribution in [3.63, 3.8) is 0 Å². The summed E-state index contributed by atoms with van der Waals surface area (Å²) in [5.41, 5.74) is 1.58. The van der Waals surface area contributed by atoms with E-state index in [2.05, 4.69) is 31.9 Å². The SMILES string of the molecule is BrCC(Br)=C1CC1. The van der Waals surface area contributed by atoms with Gasteiger partial charge in [0.2, 0.25) is 0 Å². The van der Waals surface area contributed by atoms with Gasteiger partial charge in [0.25, 0.3) is 0 Å². The Morgan fingerprint density at radius 3 is 2.29 bits per heavy atom. The minimum Gasteiger partial charge on any atom is -0.0870 e. The van der Waals surface area contributed by atoms with Gasteiger partial charge in [-0.1, -0.05) is 37.4 Å². The van der Waals surface area contributed by atoms with E-state index in [0.717, 1.165) is 5.33 Å². The molecule has 0 nitrogen and oxygen atoms in total. The van der Waals surface area contributed by atoms with Gasteiger partial charge in [-0.2, -0.15) is 0 Å². The lowest BCUT2D eigenvalue weighted by atomic mass is 10.5. The first-order valence-corrected chi connectivity index (χ1v) is 4.18. The lowest BCUT2D eigenvalue weighted by Crippen LogP contribution is -1.65. The summed E-state index contributed by atoms with van der Waals surface area (Å²) < 4.78 is 1.35. The summed E-state index contributed by atoms with van der Waals surface area (Å²) >= 11 is 6.79. The Balaban J connectivity index is 2.49. The molecule has 1 fully saturated rings. The minimum absolute atomic E-state index is 0.988. The molecule has 40 valence electrons. The zero-order valence-electron chi connectivity index (χ0n) is 3.88. The van der Waals surface area contributed by atoms with Gasteiger partial charge in [-0.3, -0.25) is 0 Å². The van der Waals surface area contributed by atoms with Gasteiger partial charge in [-0.25, -0.2) is 0 Å². The predicted octanol–water partition coefficient (Wildman–Crippen LogP) is 2.82. The van der Waals surface area contributed by atoms with Crippen LogP contribution in [0.4, 0.5) is 0 Å². The molecule has 0 unspecified atom stereocenters. The first-order chi connectivity index (χ1) is 3.34. The lowest BCUT2D eigenvalue weighted by Gasteiger charge is -1.82. The second kappa shape index (κ2) is 2.31. The van der Waals surface area contributed by atoms with Crippen molar-refractivity contribution in [2.45, 2.75) is 12.8 Å². The van der Waals surface area contributed by atoms with Crippen molar-refractivity contribution in [1.82, 2.24) is 0 Å². The summed E-state index contributed by atoms with van der Waals surface area (Å²) in [6.45, 7) is 0. The monoisotopic (exact) mass is 224 g/mol. The Hall–Kier alpha value is 0.700. The summed E-state index contributed by atoms with van der Waals surface area (Å²) in [5, 5.41) is 0.988. The molecular weight excluding hydrogens is 220 g/mol. The number of halogens is 2. The fourth-order valence-corrected chi connectivity index (χ4v) is 1.22. The first-order valence-electron chi connectivity index (χ1n) is 2.27. The molecule has 0 bridgehead atoms. The number of alkyl halides is 1. The molecule has 1 aliphatic carbocycles. The maximum absolute atomic E-state index is 3.44. The van der Waals surface area contributed by atoms with E-state index >= 15 is 0 Å². The molecule has 1 saturated carbocycles. The first kappa shape index (κ1) is 5.83. The number of hydrogen-bond acceptors (Lipinski definition) is 0. The molecule has 7 heavy (non-hydrogen) atoms. The molecule has 2 heteroatoms. The van der Waals surface area contributed by atoms with Gasteiger partial charge >= 0.3 is 0 Å². The molecule has 0 aliphatic heterocycles. The van der Waals surface area contributed by atoms with Crippen LogP contribution in [0.1, 0.15) is 12.8 Å². The van der Waals surface area contributed by atoms with Crippen LogP contribution in [0.15, 0.2) is 10.1 Å². The van der Waals surface area contributed by atoms with E-state index in [9.17, 15) is 0 Å². The van der Waals surface area contributed by atoms with E-state index in [1.165, 1.54) is 17.3 Å². The molecule has 0 spiro atoms. The van der Waals surface area contributed by atoms with Crippen molar-refractivity contribution < 1.29 is 0 Å². The normalized spacial score (nSPS) is 17.1. The largest absolute Gasteiger partial charge is 0.0870 e.